The minimum Gasteiger partial charge on any atom is -0.493 e. The summed E-state index contributed by atoms with van der Waals surface area (Å²) in [6.07, 6.45) is -4.28. The molecule has 7 nitrogen and oxygen atoms in total. The Kier molecular flexibility index (Phi) is 11.7. The minimum atomic E-state index is -5.73. The third-order valence-corrected chi connectivity index (χ3v) is 7.75. The van der Waals surface area contributed by atoms with E-state index in [9.17, 15) is 45.1 Å². The predicted octanol–water partition coefficient (Wildman–Crippen LogP) is 8.19. The Labute approximate surface area is 279 Å². The van der Waals surface area contributed by atoms with Crippen LogP contribution >= 0.6 is 11.8 Å². The molecule has 256 valence electrons. The predicted molar refractivity (Wildman–Crippen MR) is 170 cm³/mol. The maximum Gasteiger partial charge on any atom is 0.422 e. The number of hydrogen-bond acceptors (Lipinski definition) is 5. The van der Waals surface area contributed by atoms with E-state index in [0.29, 0.717) is 28.4 Å². The summed E-state index contributed by atoms with van der Waals surface area (Å²) in [6, 6.07) is 20.9. The van der Waals surface area contributed by atoms with Gasteiger partial charge in [0.15, 0.2) is 23.3 Å². The van der Waals surface area contributed by atoms with Crippen molar-refractivity contribution in [2.75, 3.05) is 17.2 Å². The zero-order valence-corrected chi connectivity index (χ0v) is 26.4. The van der Waals surface area contributed by atoms with Gasteiger partial charge in [0.2, 0.25) is 5.91 Å². The lowest BCUT2D eigenvalue weighted by Gasteiger charge is -2.16. The van der Waals surface area contributed by atoms with Crippen molar-refractivity contribution in [3.63, 3.8) is 0 Å². The third-order valence-electron chi connectivity index (χ3n) is 6.64. The van der Waals surface area contributed by atoms with Crippen molar-refractivity contribution < 1.29 is 49.9 Å². The summed E-state index contributed by atoms with van der Waals surface area (Å²) in [5.74, 6) is -12.2. The Morgan fingerprint density at radius 2 is 1.41 bits per heavy atom. The van der Waals surface area contributed by atoms with Crippen LogP contribution in [0.5, 0.6) is 5.75 Å². The van der Waals surface area contributed by atoms with Gasteiger partial charge in [0.25, 0.3) is 11.8 Å². The maximum absolute atomic E-state index is 14.3. The van der Waals surface area contributed by atoms with Crippen LogP contribution in [0, 0.1) is 23.3 Å². The first kappa shape index (κ1) is 36.5. The number of amides is 3. The molecule has 0 aliphatic carbocycles. The number of thioether (sulfide) groups is 1. The number of halogens is 7. The zero-order chi connectivity index (χ0) is 35.9. The topological polar surface area (TPSA) is 96.5 Å². The first-order valence-electron chi connectivity index (χ1n) is 14.3. The van der Waals surface area contributed by atoms with Gasteiger partial charge in [0.1, 0.15) is 22.7 Å². The molecule has 0 aliphatic rings. The summed E-state index contributed by atoms with van der Waals surface area (Å²) >= 11 is 0.827. The quantitative estimate of drug-likeness (QED) is 0.0633. The van der Waals surface area contributed by atoms with E-state index in [4.69, 9.17) is 4.74 Å². The molecule has 1 atom stereocenters. The summed E-state index contributed by atoms with van der Waals surface area (Å²) in [5.41, 5.74) is -3.48. The average molecular weight is 706 g/mol. The molecule has 0 aromatic heterocycles. The Morgan fingerprint density at radius 3 is 2.00 bits per heavy atom. The molecule has 15 heteroatoms. The molecular weight excluding hydrogens is 679 g/mol. The highest BCUT2D eigenvalue weighted by Crippen LogP contribution is 2.39. The Bertz CT molecular complexity index is 1860. The summed E-state index contributed by atoms with van der Waals surface area (Å²) in [5, 5.41) is 5.71. The van der Waals surface area contributed by atoms with Crippen LogP contribution in [0.25, 0.3) is 6.08 Å². The van der Waals surface area contributed by atoms with Gasteiger partial charge < -0.3 is 20.7 Å². The second-order valence-electron chi connectivity index (χ2n) is 10.1. The molecule has 0 saturated carbocycles. The van der Waals surface area contributed by atoms with Gasteiger partial charge >= 0.3 is 6.18 Å². The van der Waals surface area contributed by atoms with Crippen molar-refractivity contribution in [1.29, 1.82) is 0 Å². The van der Waals surface area contributed by atoms with Crippen LogP contribution < -0.4 is 20.7 Å². The van der Waals surface area contributed by atoms with Gasteiger partial charge in [-0.15, -0.1) is 11.8 Å². The van der Waals surface area contributed by atoms with Crippen LogP contribution in [0.4, 0.5) is 42.1 Å². The number of carbonyl (C=O) groups excluding carboxylic acids is 3. The van der Waals surface area contributed by atoms with E-state index in [-0.39, 0.29) is 11.4 Å². The van der Waals surface area contributed by atoms with E-state index in [1.165, 1.54) is 37.3 Å². The highest BCUT2D eigenvalue weighted by Gasteiger charge is 2.42. The number of anilines is 2. The minimum absolute atomic E-state index is 0.111. The van der Waals surface area contributed by atoms with Crippen molar-refractivity contribution >= 4 is 46.9 Å². The molecule has 0 fully saturated rings. The van der Waals surface area contributed by atoms with Gasteiger partial charge in [0, 0.05) is 21.7 Å². The van der Waals surface area contributed by atoms with E-state index in [0.717, 1.165) is 11.8 Å². The van der Waals surface area contributed by atoms with Crippen LogP contribution in [0.2, 0.25) is 0 Å². The molecule has 0 bridgehead atoms. The van der Waals surface area contributed by atoms with E-state index in [1.54, 1.807) is 66.8 Å². The molecule has 0 saturated heterocycles. The number of carbonyl (C=O) groups is 3. The van der Waals surface area contributed by atoms with Gasteiger partial charge in [-0.2, -0.15) is 13.2 Å². The first-order chi connectivity index (χ1) is 23.2. The van der Waals surface area contributed by atoms with Crippen LogP contribution in [0.3, 0.4) is 0 Å². The smallest absolute Gasteiger partial charge is 0.422 e. The van der Waals surface area contributed by atoms with Crippen molar-refractivity contribution in [3.8, 4) is 5.75 Å². The SMILES string of the molecule is CCOc1ccccc1/C=C(\NC(=O)c1ccccc1)C(=O)Nc1ccc(SC(C)C(=O)Nc2c(F)c(F)c(C(F)(F)F)c(F)c2F)cc1. The molecule has 0 radical (unpaired) electrons. The van der Waals surface area contributed by atoms with Crippen LogP contribution in [-0.4, -0.2) is 29.6 Å². The fourth-order valence-corrected chi connectivity index (χ4v) is 5.14. The second kappa shape index (κ2) is 15.7. The van der Waals surface area contributed by atoms with Crippen molar-refractivity contribution in [3.05, 3.63) is 125 Å². The van der Waals surface area contributed by atoms with Crippen molar-refractivity contribution in [1.82, 2.24) is 5.32 Å². The lowest BCUT2D eigenvalue weighted by atomic mass is 10.1. The van der Waals surface area contributed by atoms with Gasteiger partial charge in [0.05, 0.1) is 11.9 Å². The van der Waals surface area contributed by atoms with Gasteiger partial charge in [-0.05, 0) is 62.4 Å². The van der Waals surface area contributed by atoms with Crippen LogP contribution in [-0.2, 0) is 15.8 Å². The van der Waals surface area contributed by atoms with E-state index in [1.807, 2.05) is 0 Å². The number of benzene rings is 4. The number of ether oxygens (including phenoxy) is 1. The van der Waals surface area contributed by atoms with E-state index < -0.39 is 63.7 Å². The van der Waals surface area contributed by atoms with Crippen LogP contribution in [0.15, 0.2) is 89.5 Å². The highest BCUT2D eigenvalue weighted by molar-refractivity contribution is 8.00. The molecule has 0 aliphatic heterocycles. The Morgan fingerprint density at radius 1 is 0.816 bits per heavy atom. The third kappa shape index (κ3) is 8.99. The van der Waals surface area contributed by atoms with Gasteiger partial charge in [-0.25, -0.2) is 17.6 Å². The molecule has 0 heterocycles. The second-order valence-corrected chi connectivity index (χ2v) is 11.5. The fraction of sp³-hybridized carbons (Fsp3) is 0.147. The summed E-state index contributed by atoms with van der Waals surface area (Å²) in [7, 11) is 0. The van der Waals surface area contributed by atoms with Crippen molar-refractivity contribution in [2.24, 2.45) is 0 Å². The standard InChI is InChI=1S/C34H26F7N3O4S/c1-3-48-24-12-8-7-11-20(24)17-23(43-32(46)19-9-5-4-6-10-19)33(47)42-21-13-15-22(16-14-21)49-18(2)31(45)44-30-28(37)26(35)25(34(39,40)41)27(36)29(30)38/h4-18H,3H2,1-2H3,(H,42,47)(H,43,46)(H,44,45)/b23-17-. The molecule has 0 spiro atoms. The highest BCUT2D eigenvalue weighted by atomic mass is 32.2. The number of alkyl halides is 3. The number of nitrogens with one attached hydrogen (secondary N) is 3. The molecular formula is C34H26F7N3O4S. The largest absolute Gasteiger partial charge is 0.493 e. The summed E-state index contributed by atoms with van der Waals surface area (Å²) in [6.45, 7) is 3.42. The summed E-state index contributed by atoms with van der Waals surface area (Å²) in [4.78, 5) is 39.3. The molecule has 3 N–H and O–H groups in total. The summed E-state index contributed by atoms with van der Waals surface area (Å²) < 4.78 is 101. The maximum atomic E-state index is 14.3. The molecule has 3 amide bonds. The lowest BCUT2D eigenvalue weighted by Crippen LogP contribution is -2.30. The molecule has 4 aromatic carbocycles. The van der Waals surface area contributed by atoms with Gasteiger partial charge in [-0.1, -0.05) is 36.4 Å². The molecule has 4 aromatic rings. The lowest BCUT2D eigenvalue weighted by molar-refractivity contribution is -0.143. The average Bonchev–Trinajstić information content (AvgIpc) is 3.07. The molecule has 49 heavy (non-hydrogen) atoms. The van der Waals surface area contributed by atoms with Gasteiger partial charge in [-0.3, -0.25) is 14.4 Å². The Hall–Kier alpha value is -5.31. The molecule has 1 unspecified atom stereocenters. The van der Waals surface area contributed by atoms with E-state index in [2.05, 4.69) is 10.6 Å². The van der Waals surface area contributed by atoms with E-state index >= 15 is 0 Å². The number of para-hydroxylation sites is 1. The normalized spacial score (nSPS) is 12.2. The molecule has 4 rings (SSSR count). The first-order valence-corrected chi connectivity index (χ1v) is 15.2. The Balaban J connectivity index is 1.48. The zero-order valence-electron chi connectivity index (χ0n) is 25.6. The van der Waals surface area contributed by atoms with Crippen LogP contribution in [0.1, 0.15) is 35.3 Å². The number of rotatable bonds is 11. The monoisotopic (exact) mass is 705 g/mol. The van der Waals surface area contributed by atoms with Crippen molar-refractivity contribution in [2.45, 2.75) is 30.2 Å². The fourth-order valence-electron chi connectivity index (χ4n) is 4.27. The number of hydrogen-bond donors (Lipinski definition) is 3.